The molecule has 156 valence electrons. The first-order chi connectivity index (χ1) is 13.9. The highest BCUT2D eigenvalue weighted by Crippen LogP contribution is 2.18. The molecule has 0 radical (unpaired) electrons. The standard InChI is InChI=1S/C20H25N3O6/c1-4-27-18(25)20(22-15(3)24,19(26)28-5-2)13-17-21-11-12-23(17)29-14-16-9-7-6-8-10-16/h6-12H,4-5,13-14H2,1-3H3,(H,22,24). The monoisotopic (exact) mass is 403 g/mol. The smallest absolute Gasteiger partial charge is 0.344 e. The third-order valence-corrected chi connectivity index (χ3v) is 3.95. The molecule has 0 bridgehead atoms. The molecule has 0 aliphatic heterocycles. The first-order valence-corrected chi connectivity index (χ1v) is 9.25. The summed E-state index contributed by atoms with van der Waals surface area (Å²) < 4.78 is 11.5. The van der Waals surface area contributed by atoms with Gasteiger partial charge < -0.3 is 19.6 Å². The van der Waals surface area contributed by atoms with E-state index in [0.29, 0.717) is 0 Å². The van der Waals surface area contributed by atoms with E-state index in [2.05, 4.69) is 10.3 Å². The number of ether oxygens (including phenoxy) is 2. The maximum Gasteiger partial charge on any atom is 0.344 e. The molecule has 29 heavy (non-hydrogen) atoms. The van der Waals surface area contributed by atoms with Crippen LogP contribution in [0.2, 0.25) is 0 Å². The zero-order chi connectivity index (χ0) is 21.3. The number of nitrogens with zero attached hydrogens (tertiary/aromatic N) is 2. The SMILES string of the molecule is CCOC(=O)C(Cc1nccn1OCc1ccccc1)(NC(C)=O)C(=O)OCC. The van der Waals surface area contributed by atoms with Crippen molar-refractivity contribution in [3.8, 4) is 0 Å². The van der Waals surface area contributed by atoms with Crippen molar-refractivity contribution >= 4 is 17.8 Å². The number of imidazole rings is 1. The molecule has 0 atom stereocenters. The van der Waals surface area contributed by atoms with Crippen LogP contribution in [0.4, 0.5) is 0 Å². The van der Waals surface area contributed by atoms with Gasteiger partial charge >= 0.3 is 11.9 Å². The van der Waals surface area contributed by atoms with Crippen LogP contribution in [0.1, 0.15) is 32.2 Å². The lowest BCUT2D eigenvalue weighted by atomic mass is 9.94. The number of nitrogens with one attached hydrogen (secondary N) is 1. The number of esters is 2. The normalized spacial score (nSPS) is 10.9. The minimum atomic E-state index is -2.07. The quantitative estimate of drug-likeness (QED) is 0.467. The van der Waals surface area contributed by atoms with Crippen molar-refractivity contribution in [1.82, 2.24) is 15.0 Å². The summed E-state index contributed by atoms with van der Waals surface area (Å²) >= 11 is 0. The van der Waals surface area contributed by atoms with Crippen LogP contribution in [0.25, 0.3) is 0 Å². The van der Waals surface area contributed by atoms with Crippen molar-refractivity contribution in [3.63, 3.8) is 0 Å². The average Bonchev–Trinajstić information content (AvgIpc) is 3.13. The molecule has 2 rings (SSSR count). The zero-order valence-corrected chi connectivity index (χ0v) is 16.7. The van der Waals surface area contributed by atoms with E-state index in [1.165, 1.54) is 17.9 Å². The van der Waals surface area contributed by atoms with Gasteiger partial charge in [0.15, 0.2) is 0 Å². The van der Waals surface area contributed by atoms with Gasteiger partial charge in [-0.2, -0.15) is 4.73 Å². The van der Waals surface area contributed by atoms with E-state index in [-0.39, 0.29) is 32.1 Å². The van der Waals surface area contributed by atoms with E-state index in [4.69, 9.17) is 14.3 Å². The first-order valence-electron chi connectivity index (χ1n) is 9.25. The number of hydrogen-bond donors (Lipinski definition) is 1. The Morgan fingerprint density at radius 3 is 2.24 bits per heavy atom. The summed E-state index contributed by atoms with van der Waals surface area (Å²) in [4.78, 5) is 47.2. The van der Waals surface area contributed by atoms with Gasteiger partial charge in [-0.25, -0.2) is 14.6 Å². The topological polar surface area (TPSA) is 109 Å². The van der Waals surface area contributed by atoms with Crippen LogP contribution < -0.4 is 10.2 Å². The molecule has 1 aromatic heterocycles. The lowest BCUT2D eigenvalue weighted by molar-refractivity contribution is -0.168. The number of hydrogen-bond acceptors (Lipinski definition) is 7. The Bertz CT molecular complexity index is 816. The van der Waals surface area contributed by atoms with Crippen molar-refractivity contribution in [2.45, 2.75) is 39.3 Å². The molecule has 0 spiro atoms. The number of benzene rings is 1. The highest BCUT2D eigenvalue weighted by atomic mass is 16.7. The van der Waals surface area contributed by atoms with Gasteiger partial charge in [-0.15, -0.1) is 0 Å². The number of carbonyl (C=O) groups excluding carboxylic acids is 3. The van der Waals surface area contributed by atoms with Crippen LogP contribution >= 0.6 is 0 Å². The summed E-state index contributed by atoms with van der Waals surface area (Å²) in [5, 5.41) is 2.40. The molecule has 1 heterocycles. The zero-order valence-electron chi connectivity index (χ0n) is 16.7. The minimum absolute atomic E-state index is 0.0263. The second-order valence-electron chi connectivity index (χ2n) is 6.13. The third kappa shape index (κ3) is 5.56. The van der Waals surface area contributed by atoms with Crippen LogP contribution in [0.3, 0.4) is 0 Å². The van der Waals surface area contributed by atoms with Gasteiger partial charge in [-0.1, -0.05) is 30.3 Å². The average molecular weight is 403 g/mol. The molecule has 1 aromatic carbocycles. The molecule has 0 saturated carbocycles. The van der Waals surface area contributed by atoms with Crippen LogP contribution in [0.15, 0.2) is 42.7 Å². The summed E-state index contributed by atoms with van der Waals surface area (Å²) in [5.41, 5.74) is -1.15. The van der Waals surface area contributed by atoms with Crippen LogP contribution in [0, 0.1) is 0 Å². The fourth-order valence-corrected chi connectivity index (χ4v) is 2.70. The molecular weight excluding hydrogens is 378 g/mol. The fourth-order valence-electron chi connectivity index (χ4n) is 2.70. The summed E-state index contributed by atoms with van der Waals surface area (Å²) in [5.74, 6) is -2.19. The van der Waals surface area contributed by atoms with E-state index in [9.17, 15) is 14.4 Å². The largest absolute Gasteiger partial charge is 0.464 e. The Labute approximate surface area is 168 Å². The second kappa shape index (κ2) is 10.3. The molecule has 9 nitrogen and oxygen atoms in total. The predicted octanol–water partition coefficient (Wildman–Crippen LogP) is 1.06. The molecule has 1 amide bonds. The Kier molecular flexibility index (Phi) is 7.76. The highest BCUT2D eigenvalue weighted by molar-refractivity contribution is 6.07. The van der Waals surface area contributed by atoms with Gasteiger partial charge in [-0.05, 0) is 19.4 Å². The van der Waals surface area contributed by atoms with Crippen molar-refractivity contribution in [2.24, 2.45) is 0 Å². The van der Waals surface area contributed by atoms with Gasteiger partial charge in [0.2, 0.25) is 11.4 Å². The van der Waals surface area contributed by atoms with Gasteiger partial charge in [0.05, 0.1) is 25.8 Å². The maximum absolute atomic E-state index is 12.7. The summed E-state index contributed by atoms with van der Waals surface area (Å²) in [7, 11) is 0. The summed E-state index contributed by atoms with van der Waals surface area (Å²) in [6.07, 6.45) is 2.72. The molecule has 0 unspecified atom stereocenters. The number of carbonyl (C=O) groups is 3. The lowest BCUT2D eigenvalue weighted by Crippen LogP contribution is -2.62. The van der Waals surface area contributed by atoms with Crippen molar-refractivity contribution in [3.05, 3.63) is 54.1 Å². The predicted molar refractivity (Wildman–Crippen MR) is 102 cm³/mol. The van der Waals surface area contributed by atoms with E-state index in [1.54, 1.807) is 20.0 Å². The van der Waals surface area contributed by atoms with Crippen molar-refractivity contribution in [2.75, 3.05) is 13.2 Å². The van der Waals surface area contributed by atoms with E-state index in [0.717, 1.165) is 5.56 Å². The van der Waals surface area contributed by atoms with Crippen LogP contribution in [0.5, 0.6) is 0 Å². The van der Waals surface area contributed by atoms with Gasteiger partial charge in [0.25, 0.3) is 0 Å². The molecular formula is C20H25N3O6. The lowest BCUT2D eigenvalue weighted by Gasteiger charge is -2.29. The molecule has 9 heteroatoms. The second-order valence-corrected chi connectivity index (χ2v) is 6.13. The molecule has 0 aliphatic rings. The molecule has 1 N–H and O–H groups in total. The Balaban J connectivity index is 2.32. The Morgan fingerprint density at radius 1 is 1.07 bits per heavy atom. The molecule has 0 saturated heterocycles. The Hall–Kier alpha value is -3.36. The van der Waals surface area contributed by atoms with Crippen molar-refractivity contribution < 1.29 is 28.7 Å². The first kappa shape index (κ1) is 21.9. The van der Waals surface area contributed by atoms with Gasteiger partial charge in [-0.3, -0.25) is 4.79 Å². The fraction of sp³-hybridized carbons (Fsp3) is 0.400. The summed E-state index contributed by atoms with van der Waals surface area (Å²) in [6.45, 7) is 4.70. The van der Waals surface area contributed by atoms with E-state index >= 15 is 0 Å². The van der Waals surface area contributed by atoms with E-state index < -0.39 is 23.4 Å². The minimum Gasteiger partial charge on any atom is -0.464 e. The van der Waals surface area contributed by atoms with Gasteiger partial charge in [0, 0.05) is 13.1 Å². The molecule has 2 aromatic rings. The van der Waals surface area contributed by atoms with E-state index in [1.807, 2.05) is 30.3 Å². The molecule has 0 fully saturated rings. The van der Waals surface area contributed by atoms with Crippen LogP contribution in [-0.4, -0.2) is 46.3 Å². The Morgan fingerprint density at radius 2 is 1.69 bits per heavy atom. The number of aromatic nitrogens is 2. The number of amides is 1. The highest BCUT2D eigenvalue weighted by Gasteiger charge is 2.51. The summed E-state index contributed by atoms with van der Waals surface area (Å²) in [6, 6.07) is 9.46. The number of rotatable bonds is 10. The maximum atomic E-state index is 12.7. The van der Waals surface area contributed by atoms with Crippen molar-refractivity contribution in [1.29, 1.82) is 0 Å². The third-order valence-electron chi connectivity index (χ3n) is 3.95. The van der Waals surface area contributed by atoms with Gasteiger partial charge in [0.1, 0.15) is 12.4 Å². The molecule has 0 aliphatic carbocycles. The van der Waals surface area contributed by atoms with Crippen LogP contribution in [-0.2, 0) is 36.9 Å².